The number of amides is 1. The minimum atomic E-state index is -0.156. The second-order valence-corrected chi connectivity index (χ2v) is 4.59. The molecule has 0 aromatic heterocycles. The van der Waals surface area contributed by atoms with Crippen LogP contribution in [0.2, 0.25) is 0 Å². The van der Waals surface area contributed by atoms with Crippen LogP contribution in [0.25, 0.3) is 0 Å². The molecule has 1 aromatic rings. The molecule has 100 valence electrons. The minimum Gasteiger partial charge on any atom is -0.397 e. The molecule has 4 heteroatoms. The third-order valence-corrected chi connectivity index (χ3v) is 3.12. The second kappa shape index (κ2) is 7.01. The van der Waals surface area contributed by atoms with Gasteiger partial charge in [0.2, 0.25) is 5.91 Å². The topological polar surface area (TPSA) is 58.4 Å². The van der Waals surface area contributed by atoms with E-state index in [0.29, 0.717) is 11.4 Å². The van der Waals surface area contributed by atoms with Gasteiger partial charge in [-0.3, -0.25) is 9.69 Å². The van der Waals surface area contributed by atoms with E-state index in [4.69, 9.17) is 5.73 Å². The van der Waals surface area contributed by atoms with Gasteiger partial charge in [0.15, 0.2) is 0 Å². The first-order valence-corrected chi connectivity index (χ1v) is 6.41. The summed E-state index contributed by atoms with van der Waals surface area (Å²) < 4.78 is 0. The van der Waals surface area contributed by atoms with Crippen molar-refractivity contribution in [3.8, 4) is 0 Å². The minimum absolute atomic E-state index is 0.0218. The van der Waals surface area contributed by atoms with E-state index in [2.05, 4.69) is 17.1 Å². The van der Waals surface area contributed by atoms with E-state index >= 15 is 0 Å². The molecule has 0 bridgehead atoms. The molecule has 1 amide bonds. The molecule has 1 aromatic carbocycles. The maximum Gasteiger partial charge on any atom is 0.241 e. The number of hydrogen-bond donors (Lipinski definition) is 2. The first-order valence-electron chi connectivity index (χ1n) is 6.41. The van der Waals surface area contributed by atoms with Crippen molar-refractivity contribution < 1.29 is 4.79 Å². The van der Waals surface area contributed by atoms with Gasteiger partial charge in [-0.05, 0) is 39.1 Å². The van der Waals surface area contributed by atoms with Gasteiger partial charge < -0.3 is 11.1 Å². The predicted molar refractivity (Wildman–Crippen MR) is 76.5 cm³/mol. The zero-order chi connectivity index (χ0) is 13.5. The maximum atomic E-state index is 12.1. The van der Waals surface area contributed by atoms with Crippen LogP contribution >= 0.6 is 0 Å². The SMILES string of the molecule is CCCCN(C)C(C)C(=O)Nc1ccccc1N. The summed E-state index contributed by atoms with van der Waals surface area (Å²) in [4.78, 5) is 14.1. The summed E-state index contributed by atoms with van der Waals surface area (Å²) in [5, 5.41) is 2.86. The Balaban J connectivity index is 2.57. The van der Waals surface area contributed by atoms with Crippen molar-refractivity contribution in [2.75, 3.05) is 24.6 Å². The number of nitrogens with zero attached hydrogens (tertiary/aromatic N) is 1. The van der Waals surface area contributed by atoms with Gasteiger partial charge in [0.05, 0.1) is 17.4 Å². The predicted octanol–water partition coefficient (Wildman–Crippen LogP) is 2.33. The Labute approximate surface area is 109 Å². The Kier molecular flexibility index (Phi) is 5.65. The summed E-state index contributed by atoms with van der Waals surface area (Å²) in [6.07, 6.45) is 2.23. The van der Waals surface area contributed by atoms with Crippen LogP contribution in [0.5, 0.6) is 0 Å². The van der Waals surface area contributed by atoms with Crippen molar-refractivity contribution in [3.05, 3.63) is 24.3 Å². The average Bonchev–Trinajstić information content (AvgIpc) is 2.37. The molecule has 0 aliphatic heterocycles. The van der Waals surface area contributed by atoms with E-state index in [1.807, 2.05) is 32.2 Å². The van der Waals surface area contributed by atoms with Crippen molar-refractivity contribution in [3.63, 3.8) is 0 Å². The number of benzene rings is 1. The fourth-order valence-electron chi connectivity index (χ4n) is 1.65. The van der Waals surface area contributed by atoms with Crippen LogP contribution in [-0.4, -0.2) is 30.4 Å². The number of carbonyl (C=O) groups is 1. The number of nitrogen functional groups attached to an aromatic ring is 1. The zero-order valence-corrected chi connectivity index (χ0v) is 11.4. The Hall–Kier alpha value is -1.55. The molecule has 1 rings (SSSR count). The van der Waals surface area contributed by atoms with Gasteiger partial charge in [-0.1, -0.05) is 25.5 Å². The smallest absolute Gasteiger partial charge is 0.241 e. The Morgan fingerprint density at radius 3 is 2.72 bits per heavy atom. The van der Waals surface area contributed by atoms with Crippen LogP contribution in [0.1, 0.15) is 26.7 Å². The standard InChI is InChI=1S/C14H23N3O/c1-4-5-10-17(3)11(2)14(18)16-13-9-7-6-8-12(13)15/h6-9,11H,4-5,10,15H2,1-3H3,(H,16,18). The quantitative estimate of drug-likeness (QED) is 0.761. The van der Waals surface area contributed by atoms with Crippen molar-refractivity contribution in [1.29, 1.82) is 0 Å². The molecular formula is C14H23N3O. The molecule has 0 aliphatic rings. The van der Waals surface area contributed by atoms with Crippen LogP contribution in [-0.2, 0) is 4.79 Å². The Morgan fingerprint density at radius 1 is 1.44 bits per heavy atom. The van der Waals surface area contributed by atoms with Crippen LogP contribution in [0, 0.1) is 0 Å². The van der Waals surface area contributed by atoms with Crippen molar-refractivity contribution in [1.82, 2.24) is 4.90 Å². The summed E-state index contributed by atoms with van der Waals surface area (Å²) in [5.74, 6) is -0.0218. The van der Waals surface area contributed by atoms with Gasteiger partial charge in [-0.25, -0.2) is 0 Å². The molecule has 0 saturated heterocycles. The van der Waals surface area contributed by atoms with E-state index in [1.54, 1.807) is 6.07 Å². The Morgan fingerprint density at radius 2 is 2.11 bits per heavy atom. The zero-order valence-electron chi connectivity index (χ0n) is 11.4. The molecular weight excluding hydrogens is 226 g/mol. The first kappa shape index (κ1) is 14.5. The van der Waals surface area contributed by atoms with Crippen molar-refractivity contribution in [2.45, 2.75) is 32.7 Å². The number of para-hydroxylation sites is 2. The van der Waals surface area contributed by atoms with Gasteiger partial charge in [0.25, 0.3) is 0 Å². The molecule has 0 heterocycles. The van der Waals surface area contributed by atoms with Crippen LogP contribution < -0.4 is 11.1 Å². The van der Waals surface area contributed by atoms with E-state index in [0.717, 1.165) is 19.4 Å². The molecule has 0 spiro atoms. The van der Waals surface area contributed by atoms with Crippen molar-refractivity contribution >= 4 is 17.3 Å². The lowest BCUT2D eigenvalue weighted by Gasteiger charge is -2.23. The highest BCUT2D eigenvalue weighted by molar-refractivity contribution is 5.96. The van der Waals surface area contributed by atoms with Gasteiger partial charge in [-0.2, -0.15) is 0 Å². The monoisotopic (exact) mass is 249 g/mol. The second-order valence-electron chi connectivity index (χ2n) is 4.59. The molecule has 18 heavy (non-hydrogen) atoms. The van der Waals surface area contributed by atoms with Crippen LogP contribution in [0.4, 0.5) is 11.4 Å². The molecule has 1 atom stereocenters. The first-order chi connectivity index (χ1) is 8.56. The van der Waals surface area contributed by atoms with Gasteiger partial charge >= 0.3 is 0 Å². The number of rotatable bonds is 6. The molecule has 3 N–H and O–H groups in total. The summed E-state index contributed by atoms with van der Waals surface area (Å²) in [6.45, 7) is 4.97. The largest absolute Gasteiger partial charge is 0.397 e. The molecule has 0 radical (unpaired) electrons. The number of carbonyl (C=O) groups excluding carboxylic acids is 1. The highest BCUT2D eigenvalue weighted by Crippen LogP contribution is 2.17. The third-order valence-electron chi connectivity index (χ3n) is 3.12. The lowest BCUT2D eigenvalue weighted by molar-refractivity contribution is -0.120. The number of nitrogens with two attached hydrogens (primary N) is 1. The number of unbranched alkanes of at least 4 members (excludes halogenated alkanes) is 1. The highest BCUT2D eigenvalue weighted by Gasteiger charge is 2.17. The highest BCUT2D eigenvalue weighted by atomic mass is 16.2. The lowest BCUT2D eigenvalue weighted by atomic mass is 10.2. The third kappa shape index (κ3) is 4.04. The van der Waals surface area contributed by atoms with Gasteiger partial charge in [0.1, 0.15) is 0 Å². The van der Waals surface area contributed by atoms with Gasteiger partial charge in [0, 0.05) is 0 Å². The number of likely N-dealkylation sites (N-methyl/N-ethyl adjacent to an activating group) is 1. The van der Waals surface area contributed by atoms with E-state index < -0.39 is 0 Å². The summed E-state index contributed by atoms with van der Waals surface area (Å²) in [5.41, 5.74) is 7.07. The molecule has 0 saturated carbocycles. The number of nitrogens with one attached hydrogen (secondary N) is 1. The van der Waals surface area contributed by atoms with E-state index in [1.165, 1.54) is 0 Å². The Bertz CT molecular complexity index is 392. The molecule has 4 nitrogen and oxygen atoms in total. The molecule has 0 aliphatic carbocycles. The number of anilines is 2. The van der Waals surface area contributed by atoms with Crippen LogP contribution in [0.15, 0.2) is 24.3 Å². The summed E-state index contributed by atoms with van der Waals surface area (Å²) in [7, 11) is 1.97. The fraction of sp³-hybridized carbons (Fsp3) is 0.500. The van der Waals surface area contributed by atoms with E-state index in [9.17, 15) is 4.79 Å². The molecule has 0 fully saturated rings. The summed E-state index contributed by atoms with van der Waals surface area (Å²) >= 11 is 0. The normalized spacial score (nSPS) is 12.4. The summed E-state index contributed by atoms with van der Waals surface area (Å²) in [6, 6.07) is 7.14. The van der Waals surface area contributed by atoms with E-state index in [-0.39, 0.29) is 11.9 Å². The molecule has 1 unspecified atom stereocenters. The van der Waals surface area contributed by atoms with Crippen molar-refractivity contribution in [2.24, 2.45) is 0 Å². The average molecular weight is 249 g/mol. The van der Waals surface area contributed by atoms with Crippen LogP contribution in [0.3, 0.4) is 0 Å². The van der Waals surface area contributed by atoms with Gasteiger partial charge in [-0.15, -0.1) is 0 Å². The lowest BCUT2D eigenvalue weighted by Crippen LogP contribution is -2.40. The fourth-order valence-corrected chi connectivity index (χ4v) is 1.65. The maximum absolute atomic E-state index is 12.1. The number of hydrogen-bond acceptors (Lipinski definition) is 3.